The van der Waals surface area contributed by atoms with Gasteiger partial charge in [-0.15, -0.1) is 6.58 Å². The van der Waals surface area contributed by atoms with E-state index in [4.69, 9.17) is 11.6 Å². The topological polar surface area (TPSA) is 66.5 Å². The van der Waals surface area contributed by atoms with Crippen molar-refractivity contribution in [2.45, 2.75) is 0 Å². The molecular weight excluding hydrogens is 298 g/mol. The minimum Gasteiger partial charge on any atom is -0.351 e. The second-order valence-electron chi connectivity index (χ2n) is 4.57. The van der Waals surface area contributed by atoms with Crippen molar-refractivity contribution in [2.75, 3.05) is 11.9 Å². The number of imidazole rings is 1. The minimum absolute atomic E-state index is 0.542. The highest BCUT2D eigenvalue weighted by Gasteiger charge is 2.13. The van der Waals surface area contributed by atoms with E-state index in [-0.39, 0.29) is 0 Å². The first kappa shape index (κ1) is 14.3. The van der Waals surface area contributed by atoms with Crippen LogP contribution in [0.5, 0.6) is 0 Å². The van der Waals surface area contributed by atoms with Crippen molar-refractivity contribution in [3.05, 3.63) is 60.5 Å². The molecule has 3 rings (SSSR count). The van der Waals surface area contributed by atoms with Crippen LogP contribution in [0.25, 0.3) is 22.6 Å². The maximum Gasteiger partial charge on any atom is 0.223 e. The lowest BCUT2D eigenvalue weighted by atomic mass is 10.1. The van der Waals surface area contributed by atoms with Gasteiger partial charge in [0.1, 0.15) is 5.82 Å². The highest BCUT2D eigenvalue weighted by atomic mass is 35.5. The van der Waals surface area contributed by atoms with Gasteiger partial charge in [0.2, 0.25) is 5.95 Å². The fraction of sp³-hybridized carbons (Fsp3) is 0.0625. The third kappa shape index (κ3) is 2.99. The molecule has 0 spiro atoms. The number of aromatic nitrogens is 4. The predicted molar refractivity (Wildman–Crippen MR) is 88.7 cm³/mol. The largest absolute Gasteiger partial charge is 0.351 e. The number of nitrogens with zero attached hydrogens (tertiary/aromatic N) is 3. The third-order valence-electron chi connectivity index (χ3n) is 3.06. The third-order valence-corrected chi connectivity index (χ3v) is 3.32. The number of aromatic amines is 1. The number of H-pyrrole nitrogens is 1. The number of benzene rings is 1. The van der Waals surface area contributed by atoms with Gasteiger partial charge < -0.3 is 10.3 Å². The first-order valence-electron chi connectivity index (χ1n) is 6.75. The van der Waals surface area contributed by atoms with Crippen LogP contribution in [-0.2, 0) is 0 Å². The average molecular weight is 312 g/mol. The summed E-state index contributed by atoms with van der Waals surface area (Å²) < 4.78 is 0. The van der Waals surface area contributed by atoms with Crippen LogP contribution >= 0.6 is 11.6 Å². The standard InChI is InChI=1S/C16H14ClN5/c1-2-7-20-16-21-10-13(15-18-8-9-19-15)14(22-16)11-3-5-12(17)6-4-11/h2-6,8-10H,1,7H2,(H,18,19)(H,20,21,22). The van der Waals surface area contributed by atoms with Crippen LogP contribution in [0.1, 0.15) is 0 Å². The van der Waals surface area contributed by atoms with Crippen molar-refractivity contribution in [1.29, 1.82) is 0 Å². The van der Waals surface area contributed by atoms with Gasteiger partial charge in [0, 0.05) is 35.7 Å². The summed E-state index contributed by atoms with van der Waals surface area (Å²) in [6.07, 6.45) is 6.97. The molecule has 6 heteroatoms. The lowest BCUT2D eigenvalue weighted by molar-refractivity contribution is 1.12. The Bertz CT molecular complexity index is 766. The quantitative estimate of drug-likeness (QED) is 0.704. The molecular formula is C16H14ClN5. The van der Waals surface area contributed by atoms with Crippen molar-refractivity contribution in [1.82, 2.24) is 19.9 Å². The van der Waals surface area contributed by atoms with E-state index < -0.39 is 0 Å². The van der Waals surface area contributed by atoms with E-state index in [1.54, 1.807) is 24.7 Å². The van der Waals surface area contributed by atoms with Gasteiger partial charge in [0.25, 0.3) is 0 Å². The smallest absolute Gasteiger partial charge is 0.223 e. The summed E-state index contributed by atoms with van der Waals surface area (Å²) in [5, 5.41) is 3.77. The van der Waals surface area contributed by atoms with E-state index >= 15 is 0 Å². The Kier molecular flexibility index (Phi) is 4.16. The zero-order valence-corrected chi connectivity index (χ0v) is 12.5. The van der Waals surface area contributed by atoms with Gasteiger partial charge >= 0.3 is 0 Å². The second-order valence-corrected chi connectivity index (χ2v) is 5.01. The molecule has 22 heavy (non-hydrogen) atoms. The lowest BCUT2D eigenvalue weighted by Crippen LogP contribution is -2.04. The van der Waals surface area contributed by atoms with Gasteiger partial charge in [-0.2, -0.15) is 0 Å². The SMILES string of the molecule is C=CCNc1ncc(-c2ncc[nH]2)c(-c2ccc(Cl)cc2)n1. The van der Waals surface area contributed by atoms with E-state index in [1.807, 2.05) is 24.3 Å². The number of hydrogen-bond donors (Lipinski definition) is 2. The molecule has 0 bridgehead atoms. The number of halogens is 1. The first-order chi connectivity index (χ1) is 10.8. The Hall–Kier alpha value is -2.66. The van der Waals surface area contributed by atoms with Crippen molar-refractivity contribution >= 4 is 17.5 Å². The molecule has 110 valence electrons. The summed E-state index contributed by atoms with van der Waals surface area (Å²) in [6, 6.07) is 7.52. The molecule has 5 nitrogen and oxygen atoms in total. The summed E-state index contributed by atoms with van der Waals surface area (Å²) in [4.78, 5) is 16.3. The summed E-state index contributed by atoms with van der Waals surface area (Å²) in [5.74, 6) is 1.26. The van der Waals surface area contributed by atoms with Crippen LogP contribution in [0.4, 0.5) is 5.95 Å². The van der Waals surface area contributed by atoms with Gasteiger partial charge in [0.05, 0.1) is 11.3 Å². The van der Waals surface area contributed by atoms with Crippen LogP contribution in [0, 0.1) is 0 Å². The Balaban J connectivity index is 2.10. The van der Waals surface area contributed by atoms with Gasteiger partial charge in [-0.25, -0.2) is 15.0 Å². The van der Waals surface area contributed by atoms with E-state index in [2.05, 4.69) is 31.8 Å². The zero-order chi connectivity index (χ0) is 15.4. The summed E-state index contributed by atoms with van der Waals surface area (Å²) in [5.41, 5.74) is 2.56. The average Bonchev–Trinajstić information content (AvgIpc) is 3.08. The molecule has 0 saturated carbocycles. The van der Waals surface area contributed by atoms with Gasteiger partial charge in [-0.3, -0.25) is 0 Å². The Morgan fingerprint density at radius 2 is 2.05 bits per heavy atom. The van der Waals surface area contributed by atoms with Crippen molar-refractivity contribution in [2.24, 2.45) is 0 Å². The second kappa shape index (κ2) is 6.41. The highest BCUT2D eigenvalue weighted by Crippen LogP contribution is 2.29. The highest BCUT2D eigenvalue weighted by molar-refractivity contribution is 6.30. The van der Waals surface area contributed by atoms with E-state index in [1.165, 1.54) is 0 Å². The lowest BCUT2D eigenvalue weighted by Gasteiger charge is -2.09. The molecule has 0 unspecified atom stereocenters. The predicted octanol–water partition coefficient (Wildman–Crippen LogP) is 3.79. The minimum atomic E-state index is 0.542. The van der Waals surface area contributed by atoms with E-state index in [0.717, 1.165) is 22.6 Å². The number of nitrogens with one attached hydrogen (secondary N) is 2. The molecule has 2 aromatic heterocycles. The maximum atomic E-state index is 5.96. The fourth-order valence-corrected chi connectivity index (χ4v) is 2.17. The molecule has 0 saturated heterocycles. The van der Waals surface area contributed by atoms with Crippen molar-refractivity contribution < 1.29 is 0 Å². The Morgan fingerprint density at radius 1 is 1.23 bits per heavy atom. The van der Waals surface area contributed by atoms with Crippen molar-refractivity contribution in [3.63, 3.8) is 0 Å². The molecule has 2 heterocycles. The molecule has 0 aliphatic rings. The molecule has 2 N–H and O–H groups in total. The molecule has 0 aliphatic carbocycles. The number of hydrogen-bond acceptors (Lipinski definition) is 4. The van der Waals surface area contributed by atoms with Crippen LogP contribution in [0.15, 0.2) is 55.5 Å². The van der Waals surface area contributed by atoms with Crippen LogP contribution < -0.4 is 5.32 Å². The monoisotopic (exact) mass is 311 g/mol. The van der Waals surface area contributed by atoms with Crippen LogP contribution in [0.2, 0.25) is 5.02 Å². The Labute approximate surface area is 133 Å². The first-order valence-corrected chi connectivity index (χ1v) is 7.13. The van der Waals surface area contributed by atoms with Crippen LogP contribution in [-0.4, -0.2) is 26.5 Å². The van der Waals surface area contributed by atoms with Gasteiger partial charge in [-0.05, 0) is 12.1 Å². The molecule has 0 aliphatic heterocycles. The fourth-order valence-electron chi connectivity index (χ4n) is 2.04. The van der Waals surface area contributed by atoms with E-state index in [0.29, 0.717) is 17.5 Å². The molecule has 0 radical (unpaired) electrons. The molecule has 1 aromatic carbocycles. The van der Waals surface area contributed by atoms with Gasteiger partial charge in [0.15, 0.2) is 0 Å². The maximum absolute atomic E-state index is 5.96. The number of anilines is 1. The summed E-state index contributed by atoms with van der Waals surface area (Å²) in [7, 11) is 0. The van der Waals surface area contributed by atoms with Gasteiger partial charge in [-0.1, -0.05) is 29.8 Å². The molecule has 0 atom stereocenters. The summed E-state index contributed by atoms with van der Waals surface area (Å²) >= 11 is 5.96. The van der Waals surface area contributed by atoms with E-state index in [9.17, 15) is 0 Å². The molecule has 0 amide bonds. The summed E-state index contributed by atoms with van der Waals surface area (Å²) in [6.45, 7) is 4.27. The number of rotatable bonds is 5. The Morgan fingerprint density at radius 3 is 2.73 bits per heavy atom. The normalized spacial score (nSPS) is 10.4. The molecule has 0 fully saturated rings. The van der Waals surface area contributed by atoms with Crippen molar-refractivity contribution in [3.8, 4) is 22.6 Å². The van der Waals surface area contributed by atoms with Crippen LogP contribution in [0.3, 0.4) is 0 Å². The molecule has 3 aromatic rings. The zero-order valence-electron chi connectivity index (χ0n) is 11.8.